The number of rotatable bonds is 6. The first-order valence-electron chi connectivity index (χ1n) is 11.8. The molecule has 0 unspecified atom stereocenters. The molecule has 2 heterocycles. The van der Waals surface area contributed by atoms with E-state index in [0.29, 0.717) is 29.2 Å². The van der Waals surface area contributed by atoms with E-state index >= 15 is 0 Å². The molecule has 4 rings (SSSR count). The molecule has 1 aliphatic rings. The van der Waals surface area contributed by atoms with E-state index in [1.807, 2.05) is 0 Å². The van der Waals surface area contributed by atoms with Gasteiger partial charge in [0.15, 0.2) is 5.82 Å². The average Bonchev–Trinajstić information content (AvgIpc) is 3.03. The van der Waals surface area contributed by atoms with Crippen LogP contribution < -0.4 is 15.0 Å². The van der Waals surface area contributed by atoms with Crippen molar-refractivity contribution in [1.82, 2.24) is 10.2 Å². The van der Waals surface area contributed by atoms with Crippen molar-refractivity contribution in [2.24, 2.45) is 0 Å². The van der Waals surface area contributed by atoms with Gasteiger partial charge in [-0.2, -0.15) is 0 Å². The average molecular weight is 530 g/mol. The van der Waals surface area contributed by atoms with Crippen LogP contribution in [0.15, 0.2) is 53.4 Å². The molecule has 3 aromatic rings. The Morgan fingerprint density at radius 3 is 2.54 bits per heavy atom. The third kappa shape index (κ3) is 6.04. The molecule has 1 aliphatic heterocycles. The molecular formula is C26H29F2N5O3S. The maximum atomic E-state index is 14.1. The molecule has 1 saturated heterocycles. The highest BCUT2D eigenvalue weighted by atomic mass is 32.2. The lowest BCUT2D eigenvalue weighted by molar-refractivity contribution is -0.0102. The zero-order valence-electron chi connectivity index (χ0n) is 20.9. The van der Waals surface area contributed by atoms with Gasteiger partial charge >= 0.3 is 0 Å². The first kappa shape index (κ1) is 26.5. The Morgan fingerprint density at radius 2 is 1.86 bits per heavy atom. The molecule has 2 aromatic carbocycles. The molecule has 1 amide bonds. The molecule has 37 heavy (non-hydrogen) atoms. The number of hydrogen-bond donors (Lipinski definition) is 2. The number of benzene rings is 2. The fourth-order valence-electron chi connectivity index (χ4n) is 4.31. The predicted molar refractivity (Wildman–Crippen MR) is 139 cm³/mol. The van der Waals surface area contributed by atoms with Crippen LogP contribution in [-0.4, -0.2) is 52.7 Å². The summed E-state index contributed by atoms with van der Waals surface area (Å²) in [4.78, 5) is 15.6. The van der Waals surface area contributed by atoms with E-state index in [2.05, 4.69) is 15.5 Å². The third-order valence-electron chi connectivity index (χ3n) is 6.35. The Bertz CT molecular complexity index is 1410. The van der Waals surface area contributed by atoms with Gasteiger partial charge in [0.25, 0.3) is 5.91 Å². The van der Waals surface area contributed by atoms with Crippen LogP contribution in [0.4, 0.5) is 20.3 Å². The van der Waals surface area contributed by atoms with Gasteiger partial charge in [-0.3, -0.25) is 4.79 Å². The number of carbonyl (C=O) groups is 1. The van der Waals surface area contributed by atoms with E-state index in [-0.39, 0.29) is 42.1 Å². The number of carbonyl (C=O) groups excluding carboxylic acids is 1. The maximum absolute atomic E-state index is 14.1. The minimum atomic E-state index is -2.99. The van der Waals surface area contributed by atoms with E-state index in [4.69, 9.17) is 9.52 Å². The fourth-order valence-corrected chi connectivity index (χ4v) is 5.00. The number of hydrogen-bond acceptors (Lipinski definition) is 7. The van der Waals surface area contributed by atoms with E-state index in [1.165, 1.54) is 12.3 Å². The van der Waals surface area contributed by atoms with E-state index < -0.39 is 21.6 Å². The summed E-state index contributed by atoms with van der Waals surface area (Å²) >= 11 is 0. The van der Waals surface area contributed by atoms with Crippen molar-refractivity contribution in [1.29, 1.82) is 4.78 Å². The summed E-state index contributed by atoms with van der Waals surface area (Å²) < 4.78 is 53.4. The van der Waals surface area contributed by atoms with Gasteiger partial charge in [-0.15, -0.1) is 10.2 Å². The second-order valence-corrected chi connectivity index (χ2v) is 11.3. The number of amides is 1. The van der Waals surface area contributed by atoms with Gasteiger partial charge in [0.05, 0.1) is 28.1 Å². The van der Waals surface area contributed by atoms with Crippen molar-refractivity contribution in [2.75, 3.05) is 36.7 Å². The lowest BCUT2D eigenvalue weighted by Gasteiger charge is -2.25. The van der Waals surface area contributed by atoms with Crippen molar-refractivity contribution in [3.63, 3.8) is 0 Å². The monoisotopic (exact) mass is 529 g/mol. The van der Waals surface area contributed by atoms with Crippen molar-refractivity contribution in [3.8, 4) is 17.0 Å². The summed E-state index contributed by atoms with van der Waals surface area (Å²) in [6, 6.07) is 13.5. The molecule has 0 spiro atoms. The molecule has 0 aliphatic carbocycles. The quantitative estimate of drug-likeness (QED) is 0.444. The lowest BCUT2D eigenvalue weighted by Crippen LogP contribution is -2.30. The van der Waals surface area contributed by atoms with E-state index in [1.54, 1.807) is 61.4 Å². The number of nitrogens with one attached hydrogen (secondary N) is 2. The van der Waals surface area contributed by atoms with Gasteiger partial charge in [0.1, 0.15) is 5.75 Å². The van der Waals surface area contributed by atoms with Gasteiger partial charge in [-0.1, -0.05) is 6.07 Å². The Kier molecular flexibility index (Phi) is 7.44. The van der Waals surface area contributed by atoms with Crippen LogP contribution in [-0.2, 0) is 9.73 Å². The van der Waals surface area contributed by atoms with Crippen molar-refractivity contribution < 1.29 is 22.5 Å². The van der Waals surface area contributed by atoms with E-state index in [9.17, 15) is 17.8 Å². The molecule has 1 fully saturated rings. The van der Waals surface area contributed by atoms with Crippen LogP contribution in [0.25, 0.3) is 11.3 Å². The number of alkyl halides is 2. The van der Waals surface area contributed by atoms with Crippen molar-refractivity contribution in [2.45, 2.75) is 37.0 Å². The molecule has 1 atom stereocenters. The Labute approximate surface area is 215 Å². The Balaban J connectivity index is 1.78. The molecular weight excluding hydrogens is 500 g/mol. The van der Waals surface area contributed by atoms with Gasteiger partial charge in [0.2, 0.25) is 5.92 Å². The molecule has 8 nitrogen and oxygen atoms in total. The van der Waals surface area contributed by atoms with Crippen LogP contribution in [0, 0.1) is 11.7 Å². The largest absolute Gasteiger partial charge is 0.497 e. The minimum Gasteiger partial charge on any atom is -0.497 e. The summed E-state index contributed by atoms with van der Waals surface area (Å²) in [5.41, 5.74) is 2.32. The molecule has 196 valence electrons. The zero-order chi connectivity index (χ0) is 26.8. The summed E-state index contributed by atoms with van der Waals surface area (Å²) in [7, 11) is -1.42. The molecule has 1 aromatic heterocycles. The first-order chi connectivity index (χ1) is 17.5. The number of ether oxygens (including phenoxy) is 1. The summed E-state index contributed by atoms with van der Waals surface area (Å²) in [5.74, 6) is -2.37. The smallest absolute Gasteiger partial charge is 0.259 e. The second-order valence-electron chi connectivity index (χ2n) is 9.12. The molecule has 0 saturated carbocycles. The third-order valence-corrected chi connectivity index (χ3v) is 7.50. The summed E-state index contributed by atoms with van der Waals surface area (Å²) in [6.07, 6.45) is 0.994. The van der Waals surface area contributed by atoms with Gasteiger partial charge in [-0.25, -0.2) is 17.8 Å². The van der Waals surface area contributed by atoms with Crippen LogP contribution in [0.1, 0.15) is 35.2 Å². The normalized spacial score (nSPS) is 16.9. The molecule has 0 bridgehead atoms. The SMILES string of the molecule is COc1ccc(-c2nnc(N3CCCC(F)(F)CC3)c(C(=O)Nc3cccc([S@](C)(=N)=O)c3)c2C)cc1. The summed E-state index contributed by atoms with van der Waals surface area (Å²) in [6.45, 7) is 2.10. The van der Waals surface area contributed by atoms with Crippen LogP contribution in [0.3, 0.4) is 0 Å². The van der Waals surface area contributed by atoms with Crippen LogP contribution >= 0.6 is 0 Å². The van der Waals surface area contributed by atoms with Crippen LogP contribution in [0.2, 0.25) is 0 Å². The number of aromatic nitrogens is 2. The van der Waals surface area contributed by atoms with Crippen molar-refractivity contribution >= 4 is 27.1 Å². The topological polar surface area (TPSA) is 108 Å². The molecule has 0 radical (unpaired) electrons. The highest BCUT2D eigenvalue weighted by Crippen LogP contribution is 2.34. The minimum absolute atomic E-state index is 0.0372. The zero-order valence-corrected chi connectivity index (χ0v) is 21.7. The number of anilines is 2. The molecule has 11 heteroatoms. The highest BCUT2D eigenvalue weighted by Gasteiger charge is 2.34. The fraction of sp³-hybridized carbons (Fsp3) is 0.346. The van der Waals surface area contributed by atoms with Gasteiger partial charge in [0, 0.05) is 48.3 Å². The lowest BCUT2D eigenvalue weighted by atomic mass is 10.0. The van der Waals surface area contributed by atoms with Crippen molar-refractivity contribution in [3.05, 3.63) is 59.7 Å². The number of halogens is 2. The predicted octanol–water partition coefficient (Wildman–Crippen LogP) is 5.37. The Hall–Kier alpha value is -3.60. The van der Waals surface area contributed by atoms with Crippen LogP contribution in [0.5, 0.6) is 5.75 Å². The first-order valence-corrected chi connectivity index (χ1v) is 13.7. The number of nitrogens with zero attached hydrogens (tertiary/aromatic N) is 3. The molecule has 2 N–H and O–H groups in total. The highest BCUT2D eigenvalue weighted by molar-refractivity contribution is 7.91. The second kappa shape index (κ2) is 10.4. The number of methoxy groups -OCH3 is 1. The Morgan fingerprint density at radius 1 is 1.14 bits per heavy atom. The maximum Gasteiger partial charge on any atom is 0.259 e. The summed E-state index contributed by atoms with van der Waals surface area (Å²) in [5, 5.41) is 11.5. The standard InChI is InChI=1S/C26H29F2N5O3S/c1-17-22(25(34)30-19-6-4-7-21(16-19)37(3,29)35)24(33-14-5-12-26(27,28)13-15-33)32-31-23(17)18-8-10-20(36-2)11-9-18/h4,6-11,16,29H,5,12-15H2,1-3H3,(H,30,34)/t37-/m1/s1. The van der Waals surface area contributed by atoms with Gasteiger partial charge in [-0.05, 0) is 61.4 Å². The van der Waals surface area contributed by atoms with Gasteiger partial charge < -0.3 is 15.0 Å². The van der Waals surface area contributed by atoms with E-state index in [0.717, 1.165) is 5.56 Å².